The number of carbonyl (C=O) groups excluding carboxylic acids is 2. The molecule has 0 saturated carbocycles. The van der Waals surface area contributed by atoms with Gasteiger partial charge >= 0.3 is 0 Å². The number of nitro benzene ring substituents is 1. The summed E-state index contributed by atoms with van der Waals surface area (Å²) in [7, 11) is 1.49. The standard InChI is InChI=1S/C26H18BrN3O6S/c1-35-22-11-18(10-20(27)24(22)36-15-17-8-6-16(13-28)7-9-17)12-23-25(31)29(26(32)37-23)14-19-4-2-3-5-21(19)30(33)34/h2-12H,14-15H2,1H3/b23-12+. The third kappa shape index (κ3) is 5.82. The van der Waals surface area contributed by atoms with Crippen molar-refractivity contribution in [2.75, 3.05) is 7.11 Å². The van der Waals surface area contributed by atoms with Crippen molar-refractivity contribution in [3.8, 4) is 17.6 Å². The van der Waals surface area contributed by atoms with Crippen molar-refractivity contribution in [1.29, 1.82) is 5.26 Å². The van der Waals surface area contributed by atoms with E-state index < -0.39 is 16.1 Å². The summed E-state index contributed by atoms with van der Waals surface area (Å²) in [6.07, 6.45) is 1.56. The number of hydrogen-bond donors (Lipinski definition) is 0. The number of nitrogens with zero attached hydrogens (tertiary/aromatic N) is 3. The minimum absolute atomic E-state index is 0.157. The lowest BCUT2D eigenvalue weighted by Gasteiger charge is -2.14. The Labute approximate surface area is 224 Å². The number of rotatable bonds is 8. The number of benzene rings is 3. The zero-order chi connectivity index (χ0) is 26.5. The topological polar surface area (TPSA) is 123 Å². The van der Waals surface area contributed by atoms with Crippen LogP contribution in [0, 0.1) is 21.4 Å². The van der Waals surface area contributed by atoms with Gasteiger partial charge < -0.3 is 9.47 Å². The predicted molar refractivity (Wildman–Crippen MR) is 141 cm³/mol. The zero-order valence-corrected chi connectivity index (χ0v) is 21.7. The normalized spacial score (nSPS) is 14.1. The second-order valence-electron chi connectivity index (χ2n) is 7.79. The largest absolute Gasteiger partial charge is 0.493 e. The lowest BCUT2D eigenvalue weighted by molar-refractivity contribution is -0.385. The molecule has 1 fully saturated rings. The molecule has 0 aliphatic carbocycles. The van der Waals surface area contributed by atoms with Crippen LogP contribution < -0.4 is 9.47 Å². The summed E-state index contributed by atoms with van der Waals surface area (Å²) in [6.45, 7) is 0.0405. The molecule has 0 spiro atoms. The molecule has 0 unspecified atom stereocenters. The van der Waals surface area contributed by atoms with E-state index in [-0.39, 0.29) is 29.3 Å². The molecule has 0 atom stereocenters. The van der Waals surface area contributed by atoms with Gasteiger partial charge in [0.2, 0.25) is 0 Å². The van der Waals surface area contributed by atoms with Crippen molar-refractivity contribution in [2.24, 2.45) is 0 Å². The Balaban J connectivity index is 1.53. The van der Waals surface area contributed by atoms with Gasteiger partial charge in [-0.2, -0.15) is 5.26 Å². The van der Waals surface area contributed by atoms with E-state index in [0.717, 1.165) is 22.2 Å². The smallest absolute Gasteiger partial charge is 0.293 e. The minimum Gasteiger partial charge on any atom is -0.493 e. The summed E-state index contributed by atoms with van der Waals surface area (Å²) < 4.78 is 12.0. The van der Waals surface area contributed by atoms with E-state index in [9.17, 15) is 19.7 Å². The van der Waals surface area contributed by atoms with Crippen LogP contribution >= 0.6 is 27.7 Å². The van der Waals surface area contributed by atoms with Crippen LogP contribution in [0.4, 0.5) is 10.5 Å². The number of carbonyl (C=O) groups is 2. The molecule has 1 heterocycles. The zero-order valence-electron chi connectivity index (χ0n) is 19.3. The average molecular weight is 580 g/mol. The first-order valence-electron chi connectivity index (χ1n) is 10.8. The van der Waals surface area contributed by atoms with Crippen LogP contribution in [0.3, 0.4) is 0 Å². The van der Waals surface area contributed by atoms with Crippen molar-refractivity contribution in [3.63, 3.8) is 0 Å². The van der Waals surface area contributed by atoms with Gasteiger partial charge in [-0.05, 0) is 69.2 Å². The number of hydrogen-bond acceptors (Lipinski definition) is 8. The fraction of sp³-hybridized carbons (Fsp3) is 0.115. The van der Waals surface area contributed by atoms with Crippen LogP contribution in [0.2, 0.25) is 0 Å². The van der Waals surface area contributed by atoms with Gasteiger partial charge in [0.15, 0.2) is 11.5 Å². The maximum atomic E-state index is 13.0. The summed E-state index contributed by atoms with van der Waals surface area (Å²) >= 11 is 4.24. The molecule has 11 heteroatoms. The van der Waals surface area contributed by atoms with Gasteiger partial charge in [-0.1, -0.05) is 30.3 Å². The first kappa shape index (κ1) is 25.9. The number of methoxy groups -OCH3 is 1. The summed E-state index contributed by atoms with van der Waals surface area (Å²) in [5, 5.41) is 19.7. The van der Waals surface area contributed by atoms with Crippen molar-refractivity contribution in [1.82, 2.24) is 4.90 Å². The van der Waals surface area contributed by atoms with E-state index in [4.69, 9.17) is 14.7 Å². The van der Waals surface area contributed by atoms with Gasteiger partial charge in [0.1, 0.15) is 6.61 Å². The lowest BCUT2D eigenvalue weighted by atomic mass is 10.1. The Morgan fingerprint density at radius 1 is 1.16 bits per heavy atom. The molecular formula is C26H18BrN3O6S. The van der Waals surface area contributed by atoms with Gasteiger partial charge in [0.05, 0.1) is 39.6 Å². The lowest BCUT2D eigenvalue weighted by Crippen LogP contribution is -2.27. The maximum absolute atomic E-state index is 13.0. The number of imide groups is 1. The molecule has 2 amide bonds. The molecule has 3 aromatic rings. The molecule has 1 saturated heterocycles. The highest BCUT2D eigenvalue weighted by molar-refractivity contribution is 9.10. The monoisotopic (exact) mass is 579 g/mol. The first-order chi connectivity index (χ1) is 17.8. The Bertz CT molecular complexity index is 1470. The Hall–Kier alpha value is -4.14. The first-order valence-corrected chi connectivity index (χ1v) is 12.4. The van der Waals surface area contributed by atoms with Crippen LogP contribution in [-0.4, -0.2) is 28.1 Å². The summed E-state index contributed by atoms with van der Waals surface area (Å²) in [6, 6.07) is 18.5. The predicted octanol–water partition coefficient (Wildman–Crippen LogP) is 6.05. The number of nitriles is 1. The van der Waals surface area contributed by atoms with Crippen LogP contribution in [0.15, 0.2) is 70.0 Å². The van der Waals surface area contributed by atoms with Gasteiger partial charge in [-0.15, -0.1) is 0 Å². The highest BCUT2D eigenvalue weighted by atomic mass is 79.9. The van der Waals surface area contributed by atoms with Crippen LogP contribution in [0.5, 0.6) is 11.5 Å². The van der Waals surface area contributed by atoms with E-state index >= 15 is 0 Å². The fourth-order valence-corrected chi connectivity index (χ4v) is 4.99. The Kier molecular flexibility index (Phi) is 7.91. The highest BCUT2D eigenvalue weighted by Gasteiger charge is 2.36. The van der Waals surface area contributed by atoms with E-state index in [1.165, 1.54) is 25.3 Å². The second kappa shape index (κ2) is 11.3. The third-order valence-corrected chi connectivity index (χ3v) is 6.90. The molecule has 0 N–H and O–H groups in total. The van der Waals surface area contributed by atoms with Gasteiger partial charge in [0, 0.05) is 11.6 Å². The average Bonchev–Trinajstić information content (AvgIpc) is 3.15. The number of ether oxygens (including phenoxy) is 2. The van der Waals surface area contributed by atoms with Crippen LogP contribution in [-0.2, 0) is 17.9 Å². The van der Waals surface area contributed by atoms with Crippen molar-refractivity contribution >= 4 is 50.6 Å². The molecule has 4 rings (SSSR count). The van der Waals surface area contributed by atoms with E-state index in [2.05, 4.69) is 22.0 Å². The molecule has 1 aliphatic rings. The molecule has 9 nitrogen and oxygen atoms in total. The minimum atomic E-state index is -0.543. The number of amides is 2. The molecule has 3 aromatic carbocycles. The van der Waals surface area contributed by atoms with E-state index in [1.54, 1.807) is 48.5 Å². The molecule has 1 aliphatic heterocycles. The van der Waals surface area contributed by atoms with Gasteiger partial charge in [0.25, 0.3) is 16.8 Å². The number of halogens is 1. The number of nitro groups is 1. The maximum Gasteiger partial charge on any atom is 0.293 e. The molecule has 37 heavy (non-hydrogen) atoms. The molecule has 0 aromatic heterocycles. The molecule has 0 radical (unpaired) electrons. The third-order valence-electron chi connectivity index (χ3n) is 5.41. The number of para-hydroxylation sites is 1. The molecular weight excluding hydrogens is 562 g/mol. The van der Waals surface area contributed by atoms with Crippen LogP contribution in [0.25, 0.3) is 6.08 Å². The quantitative estimate of drug-likeness (QED) is 0.179. The second-order valence-corrected chi connectivity index (χ2v) is 9.63. The summed E-state index contributed by atoms with van der Waals surface area (Å²) in [5.74, 6) is 0.325. The van der Waals surface area contributed by atoms with Gasteiger partial charge in [-0.3, -0.25) is 24.6 Å². The molecule has 0 bridgehead atoms. The van der Waals surface area contributed by atoms with Crippen LogP contribution in [0.1, 0.15) is 22.3 Å². The highest BCUT2D eigenvalue weighted by Crippen LogP contribution is 2.40. The Morgan fingerprint density at radius 2 is 1.89 bits per heavy atom. The van der Waals surface area contributed by atoms with Crippen molar-refractivity contribution in [2.45, 2.75) is 13.2 Å². The fourth-order valence-electron chi connectivity index (χ4n) is 3.57. The van der Waals surface area contributed by atoms with Gasteiger partial charge in [-0.25, -0.2) is 0 Å². The van der Waals surface area contributed by atoms with E-state index in [0.29, 0.717) is 27.1 Å². The SMILES string of the molecule is COc1cc(/C=C2/SC(=O)N(Cc3ccccc3[N+](=O)[O-])C2=O)cc(Br)c1OCc1ccc(C#N)cc1. The van der Waals surface area contributed by atoms with Crippen molar-refractivity contribution < 1.29 is 24.0 Å². The Morgan fingerprint density at radius 3 is 2.57 bits per heavy atom. The molecule has 186 valence electrons. The summed E-state index contributed by atoms with van der Waals surface area (Å²) in [4.78, 5) is 37.5. The number of thioether (sulfide) groups is 1. The van der Waals surface area contributed by atoms with Crippen molar-refractivity contribution in [3.05, 3.63) is 102 Å². The summed E-state index contributed by atoms with van der Waals surface area (Å²) in [5.41, 5.74) is 2.12. The van der Waals surface area contributed by atoms with E-state index in [1.807, 2.05) is 0 Å².